The van der Waals surface area contributed by atoms with E-state index in [2.05, 4.69) is 15.1 Å². The van der Waals surface area contributed by atoms with Crippen molar-refractivity contribution >= 4 is 23.2 Å². The predicted octanol–water partition coefficient (Wildman–Crippen LogP) is 3.57. The van der Waals surface area contributed by atoms with Crippen LogP contribution in [0.3, 0.4) is 0 Å². The van der Waals surface area contributed by atoms with Crippen molar-refractivity contribution in [3.05, 3.63) is 74.6 Å². The van der Waals surface area contributed by atoms with Crippen molar-refractivity contribution in [2.45, 2.75) is 20.4 Å². The number of fused-ring (bicyclic) bond motifs is 1. The van der Waals surface area contributed by atoms with E-state index in [1.54, 1.807) is 31.4 Å². The van der Waals surface area contributed by atoms with Crippen LogP contribution in [0.1, 0.15) is 25.3 Å². The van der Waals surface area contributed by atoms with Gasteiger partial charge in [0.2, 0.25) is 5.82 Å². The molecule has 8 nitrogen and oxygen atoms in total. The third-order valence-electron chi connectivity index (χ3n) is 4.77. The normalized spacial score (nSPS) is 11.6. The summed E-state index contributed by atoms with van der Waals surface area (Å²) in [5.41, 5.74) is 1.53. The summed E-state index contributed by atoms with van der Waals surface area (Å²) in [6.07, 6.45) is 3.54. The van der Waals surface area contributed by atoms with Crippen molar-refractivity contribution in [1.82, 2.24) is 19.7 Å². The van der Waals surface area contributed by atoms with Crippen molar-refractivity contribution in [2.75, 3.05) is 7.11 Å². The molecule has 2 heterocycles. The number of para-hydroxylation sites is 1. The lowest BCUT2D eigenvalue weighted by molar-refractivity contribution is 0.411. The highest BCUT2D eigenvalue weighted by atomic mass is 16.5. The van der Waals surface area contributed by atoms with E-state index in [0.717, 1.165) is 11.3 Å². The highest BCUT2D eigenvalue weighted by Crippen LogP contribution is 2.23. The third kappa shape index (κ3) is 4.18. The fourth-order valence-electron chi connectivity index (χ4n) is 3.35. The van der Waals surface area contributed by atoms with Gasteiger partial charge in [-0.3, -0.25) is 9.59 Å². The van der Waals surface area contributed by atoms with Crippen LogP contribution in [0.2, 0.25) is 0 Å². The topological polar surface area (TPSA) is 103 Å². The van der Waals surface area contributed by atoms with Gasteiger partial charge in [-0.2, -0.15) is 4.98 Å². The number of nitrogens with one attached hydrogen (secondary N) is 1. The largest absolute Gasteiger partial charge is 0.496 e. The minimum absolute atomic E-state index is 0.220. The molecule has 0 unspecified atom stereocenters. The van der Waals surface area contributed by atoms with E-state index in [4.69, 9.17) is 9.26 Å². The van der Waals surface area contributed by atoms with Crippen LogP contribution in [0, 0.1) is 5.92 Å². The summed E-state index contributed by atoms with van der Waals surface area (Å²) in [7, 11) is 1.61. The Kier molecular flexibility index (Phi) is 5.53. The molecule has 0 aliphatic carbocycles. The van der Waals surface area contributed by atoms with Crippen molar-refractivity contribution < 1.29 is 9.26 Å². The fourth-order valence-corrected chi connectivity index (χ4v) is 3.35. The number of nitrogens with zero attached hydrogens (tertiary/aromatic N) is 3. The lowest BCUT2D eigenvalue weighted by Crippen LogP contribution is -2.37. The molecule has 1 N–H and O–H groups in total. The van der Waals surface area contributed by atoms with E-state index >= 15 is 0 Å². The predicted molar refractivity (Wildman–Crippen MR) is 119 cm³/mol. The summed E-state index contributed by atoms with van der Waals surface area (Å²) in [6, 6.07) is 12.9. The smallest absolute Gasteiger partial charge is 0.316 e. The van der Waals surface area contributed by atoms with Crippen LogP contribution in [-0.4, -0.2) is 26.8 Å². The Morgan fingerprint density at radius 2 is 1.97 bits per heavy atom. The molecule has 4 rings (SSSR count). The summed E-state index contributed by atoms with van der Waals surface area (Å²) in [6.45, 7) is 4.44. The zero-order valence-electron chi connectivity index (χ0n) is 17.5. The Morgan fingerprint density at radius 1 is 1.16 bits per heavy atom. The van der Waals surface area contributed by atoms with E-state index < -0.39 is 11.1 Å². The molecule has 0 bridgehead atoms. The molecular formula is C23H22N4O4. The first kappa shape index (κ1) is 20.3. The van der Waals surface area contributed by atoms with Gasteiger partial charge < -0.3 is 18.8 Å². The number of ether oxygens (including phenoxy) is 1. The van der Waals surface area contributed by atoms with Crippen LogP contribution in [-0.2, 0) is 6.54 Å². The number of hydrogen-bond donors (Lipinski definition) is 1. The quantitative estimate of drug-likeness (QED) is 0.480. The molecule has 0 aliphatic rings. The van der Waals surface area contributed by atoms with Gasteiger partial charge in [-0.1, -0.05) is 37.2 Å². The van der Waals surface area contributed by atoms with Crippen LogP contribution in [0.25, 0.3) is 34.6 Å². The minimum Gasteiger partial charge on any atom is -0.496 e. The molecular weight excluding hydrogens is 396 g/mol. The first-order valence-corrected chi connectivity index (χ1v) is 9.88. The molecule has 8 heteroatoms. The molecule has 0 spiro atoms. The summed E-state index contributed by atoms with van der Waals surface area (Å²) in [5.74, 6) is 1.67. The molecule has 2 aromatic heterocycles. The van der Waals surface area contributed by atoms with Crippen LogP contribution >= 0.6 is 0 Å². The van der Waals surface area contributed by atoms with E-state index in [1.165, 1.54) is 4.57 Å². The standard InChI is InChI=1S/C23H22N4O4/c1-14(2)13-27-18-10-8-16(12-17(18)24-22(28)23(27)29)21-25-20(31-26-21)11-9-15-6-4-5-7-19(15)30-3/h4-12,14H,13H2,1-3H3,(H,24,28)/b11-9+. The second-order valence-corrected chi connectivity index (χ2v) is 7.53. The average molecular weight is 418 g/mol. The Labute approximate surface area is 177 Å². The van der Waals surface area contributed by atoms with Crippen molar-refractivity contribution in [1.29, 1.82) is 0 Å². The number of benzene rings is 2. The highest BCUT2D eigenvalue weighted by Gasteiger charge is 2.12. The fraction of sp³-hybridized carbons (Fsp3) is 0.217. The molecule has 0 atom stereocenters. The highest BCUT2D eigenvalue weighted by molar-refractivity contribution is 5.80. The van der Waals surface area contributed by atoms with Gasteiger partial charge in [-0.25, -0.2) is 0 Å². The number of H-pyrrole nitrogens is 1. The summed E-state index contributed by atoms with van der Waals surface area (Å²) >= 11 is 0. The number of methoxy groups -OCH3 is 1. The molecule has 0 amide bonds. The zero-order valence-corrected chi connectivity index (χ0v) is 17.5. The molecule has 0 radical (unpaired) electrons. The van der Waals surface area contributed by atoms with Gasteiger partial charge in [0.15, 0.2) is 0 Å². The maximum absolute atomic E-state index is 12.3. The van der Waals surface area contributed by atoms with Gasteiger partial charge in [0.25, 0.3) is 5.89 Å². The summed E-state index contributed by atoms with van der Waals surface area (Å²) in [4.78, 5) is 31.4. The van der Waals surface area contributed by atoms with Crippen LogP contribution < -0.4 is 15.9 Å². The van der Waals surface area contributed by atoms with Gasteiger partial charge in [0.05, 0.1) is 18.1 Å². The lowest BCUT2D eigenvalue weighted by atomic mass is 10.1. The zero-order chi connectivity index (χ0) is 22.0. The summed E-state index contributed by atoms with van der Waals surface area (Å²) < 4.78 is 12.2. The molecule has 0 saturated carbocycles. The van der Waals surface area contributed by atoms with Gasteiger partial charge >= 0.3 is 11.1 Å². The van der Waals surface area contributed by atoms with E-state index in [-0.39, 0.29) is 5.92 Å². The summed E-state index contributed by atoms with van der Waals surface area (Å²) in [5, 5.41) is 4.03. The molecule has 0 fully saturated rings. The van der Waals surface area contributed by atoms with Crippen molar-refractivity contribution in [3.8, 4) is 17.1 Å². The number of aromatic amines is 1. The molecule has 4 aromatic rings. The molecule has 2 aromatic carbocycles. The Balaban J connectivity index is 1.68. The number of aromatic nitrogens is 4. The Bertz CT molecular complexity index is 1380. The average Bonchev–Trinajstić information content (AvgIpc) is 3.24. The lowest BCUT2D eigenvalue weighted by Gasteiger charge is -2.12. The van der Waals surface area contributed by atoms with Gasteiger partial charge in [-0.15, -0.1) is 0 Å². The Morgan fingerprint density at radius 3 is 2.74 bits per heavy atom. The second-order valence-electron chi connectivity index (χ2n) is 7.53. The number of rotatable bonds is 6. The molecule has 31 heavy (non-hydrogen) atoms. The molecule has 0 saturated heterocycles. The van der Waals surface area contributed by atoms with Crippen LogP contribution in [0.4, 0.5) is 0 Å². The molecule has 0 aliphatic heterocycles. The first-order valence-electron chi connectivity index (χ1n) is 9.88. The second kappa shape index (κ2) is 8.43. The first-order chi connectivity index (χ1) is 15.0. The van der Waals surface area contributed by atoms with Gasteiger partial charge in [0.1, 0.15) is 5.75 Å². The van der Waals surface area contributed by atoms with E-state index in [9.17, 15) is 9.59 Å². The third-order valence-corrected chi connectivity index (χ3v) is 4.77. The Hall–Kier alpha value is -3.94. The van der Waals surface area contributed by atoms with Crippen molar-refractivity contribution in [3.63, 3.8) is 0 Å². The van der Waals surface area contributed by atoms with E-state index in [1.807, 2.05) is 44.2 Å². The van der Waals surface area contributed by atoms with Crippen LogP contribution in [0.15, 0.2) is 56.6 Å². The maximum atomic E-state index is 12.3. The maximum Gasteiger partial charge on any atom is 0.316 e. The van der Waals surface area contributed by atoms with Gasteiger partial charge in [-0.05, 0) is 36.3 Å². The monoisotopic (exact) mass is 418 g/mol. The van der Waals surface area contributed by atoms with Crippen molar-refractivity contribution in [2.24, 2.45) is 5.92 Å². The number of hydrogen-bond acceptors (Lipinski definition) is 6. The van der Waals surface area contributed by atoms with E-state index in [0.29, 0.717) is 34.9 Å². The SMILES string of the molecule is COc1ccccc1/C=C/c1nc(-c2ccc3c(c2)[nH]c(=O)c(=O)n3CC(C)C)no1. The van der Waals surface area contributed by atoms with Crippen LogP contribution in [0.5, 0.6) is 5.75 Å². The minimum atomic E-state index is -0.654. The van der Waals surface area contributed by atoms with Gasteiger partial charge in [0, 0.05) is 23.7 Å². The molecule has 158 valence electrons.